The lowest BCUT2D eigenvalue weighted by Gasteiger charge is -2.18. The summed E-state index contributed by atoms with van der Waals surface area (Å²) in [6.45, 7) is 3.05. The van der Waals surface area contributed by atoms with E-state index in [2.05, 4.69) is 6.92 Å². The predicted molar refractivity (Wildman–Crippen MR) is 103 cm³/mol. The summed E-state index contributed by atoms with van der Waals surface area (Å²) in [4.78, 5) is 14.4. The molecule has 4 rings (SSSR count). The molecule has 2 aliphatic rings. The lowest BCUT2D eigenvalue weighted by molar-refractivity contribution is 0.0774. The van der Waals surface area contributed by atoms with E-state index >= 15 is 0 Å². The minimum atomic E-state index is -3.28. The molecule has 144 valence electrons. The molecule has 0 radical (unpaired) electrons. The average Bonchev–Trinajstić information content (AvgIpc) is 3.00. The number of benzene rings is 1. The van der Waals surface area contributed by atoms with Crippen LogP contribution in [0.15, 0.2) is 34.7 Å². The molecule has 2 heterocycles. The van der Waals surface area contributed by atoms with Crippen molar-refractivity contribution in [3.63, 3.8) is 0 Å². The van der Waals surface area contributed by atoms with Crippen LogP contribution in [0.2, 0.25) is 0 Å². The molecule has 2 unspecified atom stereocenters. The quantitative estimate of drug-likeness (QED) is 0.789. The van der Waals surface area contributed by atoms with Gasteiger partial charge in [0.15, 0.2) is 0 Å². The molecule has 1 aromatic heterocycles. The van der Waals surface area contributed by atoms with Crippen molar-refractivity contribution in [3.8, 4) is 0 Å². The van der Waals surface area contributed by atoms with Crippen LogP contribution in [0.25, 0.3) is 0 Å². The summed E-state index contributed by atoms with van der Waals surface area (Å²) in [7, 11) is -1.53. The Bertz CT molecular complexity index is 995. The van der Waals surface area contributed by atoms with Gasteiger partial charge in [-0.2, -0.15) is 0 Å². The van der Waals surface area contributed by atoms with Crippen molar-refractivity contribution in [1.29, 1.82) is 0 Å². The van der Waals surface area contributed by atoms with Gasteiger partial charge in [0.05, 0.1) is 18.5 Å². The zero-order valence-corrected chi connectivity index (χ0v) is 16.6. The summed E-state index contributed by atoms with van der Waals surface area (Å²) in [5.41, 5.74) is 2.13. The highest BCUT2D eigenvalue weighted by Gasteiger charge is 2.36. The first kappa shape index (κ1) is 18.1. The van der Waals surface area contributed by atoms with E-state index in [0.29, 0.717) is 42.6 Å². The molecule has 0 spiro atoms. The van der Waals surface area contributed by atoms with Crippen LogP contribution in [0.4, 0.5) is 5.69 Å². The van der Waals surface area contributed by atoms with E-state index in [1.807, 2.05) is 12.1 Å². The third kappa shape index (κ3) is 3.48. The normalized spacial score (nSPS) is 21.2. The average molecular weight is 388 g/mol. The largest absolute Gasteiger partial charge is 0.464 e. The van der Waals surface area contributed by atoms with Crippen molar-refractivity contribution in [3.05, 3.63) is 53.0 Å². The van der Waals surface area contributed by atoms with Gasteiger partial charge in [0, 0.05) is 25.1 Å². The maximum atomic E-state index is 12.8. The Kier molecular flexibility index (Phi) is 4.29. The molecule has 1 amide bonds. The van der Waals surface area contributed by atoms with E-state index in [1.54, 1.807) is 30.1 Å². The summed E-state index contributed by atoms with van der Waals surface area (Å²) in [5.74, 6) is 2.89. The molecule has 1 saturated carbocycles. The van der Waals surface area contributed by atoms with Gasteiger partial charge in [0.25, 0.3) is 5.91 Å². The van der Waals surface area contributed by atoms with E-state index in [-0.39, 0.29) is 5.91 Å². The highest BCUT2D eigenvalue weighted by Crippen LogP contribution is 2.47. The smallest absolute Gasteiger partial charge is 0.254 e. The molecule has 7 heteroatoms. The van der Waals surface area contributed by atoms with Crippen molar-refractivity contribution in [2.24, 2.45) is 5.92 Å². The molecule has 2 atom stereocenters. The van der Waals surface area contributed by atoms with Gasteiger partial charge in [-0.25, -0.2) is 8.42 Å². The van der Waals surface area contributed by atoms with E-state index < -0.39 is 10.0 Å². The Labute approximate surface area is 159 Å². The summed E-state index contributed by atoms with van der Waals surface area (Å²) in [6, 6.07) is 9.18. The Balaban J connectivity index is 1.47. The number of carbonyl (C=O) groups is 1. The van der Waals surface area contributed by atoms with Gasteiger partial charge in [-0.05, 0) is 54.7 Å². The van der Waals surface area contributed by atoms with E-state index in [1.165, 1.54) is 17.0 Å². The highest BCUT2D eigenvalue weighted by molar-refractivity contribution is 7.92. The Morgan fingerprint density at radius 3 is 2.70 bits per heavy atom. The maximum Gasteiger partial charge on any atom is 0.254 e. The van der Waals surface area contributed by atoms with Gasteiger partial charge in [-0.3, -0.25) is 9.10 Å². The third-order valence-corrected chi connectivity index (χ3v) is 6.66. The fourth-order valence-corrected chi connectivity index (χ4v) is 4.73. The Hall–Kier alpha value is -2.28. The van der Waals surface area contributed by atoms with Crippen molar-refractivity contribution in [2.45, 2.75) is 32.2 Å². The molecule has 1 aliphatic carbocycles. The lowest BCUT2D eigenvalue weighted by Crippen LogP contribution is -2.27. The number of amides is 1. The number of fused-ring (bicyclic) bond motifs is 1. The van der Waals surface area contributed by atoms with E-state index in [4.69, 9.17) is 4.42 Å². The van der Waals surface area contributed by atoms with Gasteiger partial charge in [0.2, 0.25) is 10.0 Å². The van der Waals surface area contributed by atoms with Crippen LogP contribution in [0.1, 0.15) is 46.7 Å². The van der Waals surface area contributed by atoms with Crippen LogP contribution in [-0.4, -0.2) is 39.1 Å². The number of hydrogen-bond acceptors (Lipinski definition) is 4. The zero-order valence-electron chi connectivity index (χ0n) is 15.8. The monoisotopic (exact) mass is 388 g/mol. The second kappa shape index (κ2) is 6.41. The standard InChI is InChI=1S/C20H24N2O4S/c1-13-10-17(13)19-7-5-16(26-19)12-21(2)20(23)15-4-6-18-14(11-15)8-9-22(18)27(3,24)25/h4-7,11,13,17H,8-10,12H2,1-3H3. The van der Waals surface area contributed by atoms with Crippen LogP contribution in [0.5, 0.6) is 0 Å². The fraction of sp³-hybridized carbons (Fsp3) is 0.450. The van der Waals surface area contributed by atoms with Crippen LogP contribution in [0.3, 0.4) is 0 Å². The minimum Gasteiger partial charge on any atom is -0.464 e. The van der Waals surface area contributed by atoms with Crippen LogP contribution >= 0.6 is 0 Å². The number of carbonyl (C=O) groups excluding carboxylic acids is 1. The first-order valence-corrected chi connectivity index (χ1v) is 11.0. The first-order valence-electron chi connectivity index (χ1n) is 9.19. The molecule has 27 heavy (non-hydrogen) atoms. The van der Waals surface area contributed by atoms with Crippen LogP contribution in [-0.2, 0) is 23.0 Å². The second-order valence-electron chi connectivity index (χ2n) is 7.71. The SMILES string of the molecule is CC1CC1c1ccc(CN(C)C(=O)c2ccc3c(c2)CCN3S(C)(=O)=O)o1. The van der Waals surface area contributed by atoms with Crippen molar-refractivity contribution >= 4 is 21.6 Å². The van der Waals surface area contributed by atoms with Gasteiger partial charge in [0.1, 0.15) is 11.5 Å². The third-order valence-electron chi connectivity index (χ3n) is 5.48. The van der Waals surface area contributed by atoms with Crippen LogP contribution < -0.4 is 4.31 Å². The molecule has 0 saturated heterocycles. The van der Waals surface area contributed by atoms with E-state index in [9.17, 15) is 13.2 Å². The number of nitrogens with zero attached hydrogens (tertiary/aromatic N) is 2. The maximum absolute atomic E-state index is 12.8. The van der Waals surface area contributed by atoms with Gasteiger partial charge in [-0.1, -0.05) is 6.92 Å². The topological polar surface area (TPSA) is 70.8 Å². The van der Waals surface area contributed by atoms with Gasteiger partial charge >= 0.3 is 0 Å². The van der Waals surface area contributed by atoms with Gasteiger partial charge < -0.3 is 9.32 Å². The Morgan fingerprint density at radius 1 is 1.30 bits per heavy atom. The lowest BCUT2D eigenvalue weighted by atomic mass is 10.1. The molecule has 0 N–H and O–H groups in total. The van der Waals surface area contributed by atoms with Crippen molar-refractivity contribution in [1.82, 2.24) is 4.90 Å². The highest BCUT2D eigenvalue weighted by atomic mass is 32.2. The summed E-state index contributed by atoms with van der Waals surface area (Å²) < 4.78 is 31.0. The summed E-state index contributed by atoms with van der Waals surface area (Å²) in [6.07, 6.45) is 2.99. The molecule has 0 bridgehead atoms. The minimum absolute atomic E-state index is 0.103. The van der Waals surface area contributed by atoms with Crippen molar-refractivity contribution < 1.29 is 17.6 Å². The molecule has 1 aromatic carbocycles. The number of hydrogen-bond donors (Lipinski definition) is 0. The van der Waals surface area contributed by atoms with Crippen molar-refractivity contribution in [2.75, 3.05) is 24.2 Å². The number of rotatable bonds is 5. The van der Waals surface area contributed by atoms with Crippen LogP contribution in [0, 0.1) is 5.92 Å². The molecule has 2 aromatic rings. The molecule has 1 fully saturated rings. The molecule has 1 aliphatic heterocycles. The summed E-state index contributed by atoms with van der Waals surface area (Å²) >= 11 is 0. The van der Waals surface area contributed by atoms with E-state index in [0.717, 1.165) is 17.1 Å². The Morgan fingerprint density at radius 2 is 2.04 bits per heavy atom. The first-order chi connectivity index (χ1) is 12.7. The number of furan rings is 1. The van der Waals surface area contributed by atoms with Gasteiger partial charge in [-0.15, -0.1) is 0 Å². The molecular weight excluding hydrogens is 364 g/mol. The zero-order chi connectivity index (χ0) is 19.3. The number of anilines is 1. The predicted octanol–water partition coefficient (Wildman–Crippen LogP) is 3.00. The fourth-order valence-electron chi connectivity index (χ4n) is 3.77. The molecule has 6 nitrogen and oxygen atoms in total. The molecular formula is C20H24N2O4S. The second-order valence-corrected chi connectivity index (χ2v) is 9.62. The summed E-state index contributed by atoms with van der Waals surface area (Å²) in [5, 5.41) is 0. The number of sulfonamides is 1.